The summed E-state index contributed by atoms with van der Waals surface area (Å²) in [6.45, 7) is 15.8. The van der Waals surface area contributed by atoms with E-state index in [0.717, 1.165) is 54.8 Å². The van der Waals surface area contributed by atoms with Gasteiger partial charge in [0.2, 0.25) is 5.95 Å². The normalized spacial score (nSPS) is 18.1. The van der Waals surface area contributed by atoms with Crippen molar-refractivity contribution in [3.05, 3.63) is 149 Å². The van der Waals surface area contributed by atoms with E-state index in [1.807, 2.05) is 0 Å². The van der Waals surface area contributed by atoms with Crippen LogP contribution in [0.3, 0.4) is 0 Å². The predicted octanol–water partition coefficient (Wildman–Crippen LogP) is 11.2. The van der Waals surface area contributed by atoms with Crippen molar-refractivity contribution in [3.8, 4) is 0 Å². The summed E-state index contributed by atoms with van der Waals surface area (Å²) in [6, 6.07) is 41.4. The summed E-state index contributed by atoms with van der Waals surface area (Å²) in [5.41, 5.74) is 5.94. The van der Waals surface area contributed by atoms with E-state index in [-0.39, 0.29) is 23.7 Å². The largest absolute Gasteiger partial charge is 0.370 e. The van der Waals surface area contributed by atoms with Gasteiger partial charge in [-0.3, -0.25) is 0 Å². The molecule has 0 bridgehead atoms. The van der Waals surface area contributed by atoms with Crippen molar-refractivity contribution in [1.29, 1.82) is 0 Å². The fraction of sp³-hybridized carbons (Fsp3) is 0.375. The van der Waals surface area contributed by atoms with Crippen LogP contribution in [0.5, 0.6) is 0 Å². The van der Waals surface area contributed by atoms with Gasteiger partial charge in [0.15, 0.2) is 0 Å². The van der Waals surface area contributed by atoms with Crippen LogP contribution in [0.25, 0.3) is 10.8 Å². The van der Waals surface area contributed by atoms with E-state index in [2.05, 4.69) is 173 Å². The zero-order valence-corrected chi connectivity index (χ0v) is 33.3. The number of nitrogens with one attached hydrogen (secondary N) is 3. The number of anilines is 3. The Bertz CT molecular complexity index is 2060. The van der Waals surface area contributed by atoms with E-state index in [1.54, 1.807) is 0 Å². The summed E-state index contributed by atoms with van der Waals surface area (Å²) in [4.78, 5) is 20.9. The minimum Gasteiger partial charge on any atom is -0.370 e. The van der Waals surface area contributed by atoms with Gasteiger partial charge in [-0.25, -0.2) is 15.0 Å². The molecular formula is C48H57N7. The molecule has 3 N–H and O–H groups in total. The summed E-state index contributed by atoms with van der Waals surface area (Å²) in [6.07, 6.45) is 1.90. The Morgan fingerprint density at radius 2 is 1.05 bits per heavy atom. The molecule has 1 aliphatic carbocycles. The molecule has 1 aliphatic rings. The summed E-state index contributed by atoms with van der Waals surface area (Å²) in [5.74, 6) is 5.32. The van der Waals surface area contributed by atoms with Crippen LogP contribution in [0.1, 0.15) is 106 Å². The van der Waals surface area contributed by atoms with Crippen molar-refractivity contribution in [2.24, 2.45) is 17.8 Å². The van der Waals surface area contributed by atoms with E-state index in [1.165, 1.54) is 27.5 Å². The van der Waals surface area contributed by atoms with Gasteiger partial charge in [-0.05, 0) is 51.6 Å². The number of benzene rings is 4. The van der Waals surface area contributed by atoms with Crippen LogP contribution in [0.2, 0.25) is 0 Å². The molecular weight excluding hydrogens is 675 g/mol. The average molecular weight is 732 g/mol. The molecule has 1 saturated carbocycles. The quantitative estimate of drug-likeness (QED) is 0.0913. The van der Waals surface area contributed by atoms with Gasteiger partial charge in [0.25, 0.3) is 0 Å². The fourth-order valence-electron chi connectivity index (χ4n) is 8.02. The van der Waals surface area contributed by atoms with E-state index < -0.39 is 0 Å². The zero-order valence-electron chi connectivity index (χ0n) is 33.3. The number of aromatic nitrogens is 4. The standard InChI is InChI=1S/C48H57N7/c1-31(2)24-25-41-52-39(26-42(54-41)49-28-32(3)4)46-44(35-17-9-7-10-18-35)47(45(46)36-19-11-8-12-20-36)40-27-43(50-29-33(5)6)55-48(53-40)51-30-37-22-15-21-34-16-13-14-23-38(34)37/h7-23,26-27,31-33,44-47H,24-25,28-30H2,1-6H3,(H,49,52,54)(H2,50,51,53,55)/t44-,45-,46?,47?/m1/s1. The Morgan fingerprint density at radius 1 is 0.509 bits per heavy atom. The van der Waals surface area contributed by atoms with Crippen LogP contribution in [-0.2, 0) is 13.0 Å². The minimum atomic E-state index is 0.0802. The fourth-order valence-corrected chi connectivity index (χ4v) is 8.02. The third-order valence-corrected chi connectivity index (χ3v) is 10.8. The molecule has 0 aliphatic heterocycles. The van der Waals surface area contributed by atoms with Crippen molar-refractivity contribution < 1.29 is 0 Å². The van der Waals surface area contributed by atoms with Crippen molar-refractivity contribution in [3.63, 3.8) is 0 Å². The lowest BCUT2D eigenvalue weighted by Crippen LogP contribution is -2.41. The highest BCUT2D eigenvalue weighted by molar-refractivity contribution is 5.85. The Morgan fingerprint density at radius 3 is 1.65 bits per heavy atom. The SMILES string of the molecule is CC(C)CCc1nc(NCC(C)C)cc(C2[C@@H](c3ccccc3)C(c3cc(NCC(C)C)nc(NCc4cccc5ccccc45)n3)[C@@H]2c2ccccc2)n1. The molecule has 2 aromatic heterocycles. The maximum atomic E-state index is 5.40. The van der Waals surface area contributed by atoms with E-state index in [0.29, 0.717) is 30.2 Å². The molecule has 0 spiro atoms. The smallest absolute Gasteiger partial charge is 0.225 e. The number of fused-ring (bicyclic) bond motifs is 1. The maximum Gasteiger partial charge on any atom is 0.225 e. The summed E-state index contributed by atoms with van der Waals surface area (Å²) in [7, 11) is 0. The second-order valence-electron chi connectivity index (χ2n) is 16.5. The molecule has 7 rings (SSSR count). The molecule has 1 fully saturated rings. The van der Waals surface area contributed by atoms with Crippen LogP contribution < -0.4 is 16.0 Å². The Labute approximate surface area is 327 Å². The van der Waals surface area contributed by atoms with Crippen LogP contribution >= 0.6 is 0 Å². The van der Waals surface area contributed by atoms with Gasteiger partial charge in [0.05, 0.1) is 11.4 Å². The van der Waals surface area contributed by atoms with Crippen LogP contribution in [-0.4, -0.2) is 33.0 Å². The van der Waals surface area contributed by atoms with Gasteiger partial charge in [-0.1, -0.05) is 145 Å². The predicted molar refractivity (Wildman–Crippen MR) is 229 cm³/mol. The van der Waals surface area contributed by atoms with Gasteiger partial charge in [0, 0.05) is 61.9 Å². The van der Waals surface area contributed by atoms with Crippen LogP contribution in [0.4, 0.5) is 17.6 Å². The first-order valence-electron chi connectivity index (χ1n) is 20.3. The molecule has 0 amide bonds. The maximum absolute atomic E-state index is 5.40. The molecule has 7 nitrogen and oxygen atoms in total. The van der Waals surface area contributed by atoms with Gasteiger partial charge in [0.1, 0.15) is 17.5 Å². The molecule has 7 heteroatoms. The third kappa shape index (κ3) is 9.16. The first-order valence-corrected chi connectivity index (χ1v) is 20.3. The Kier molecular flexibility index (Phi) is 12.1. The number of hydrogen-bond donors (Lipinski definition) is 3. The zero-order chi connectivity index (χ0) is 38.3. The Balaban J connectivity index is 1.34. The first-order chi connectivity index (χ1) is 26.7. The van der Waals surface area contributed by atoms with E-state index in [4.69, 9.17) is 19.9 Å². The monoisotopic (exact) mass is 731 g/mol. The number of nitrogens with zero attached hydrogens (tertiary/aromatic N) is 4. The van der Waals surface area contributed by atoms with Gasteiger partial charge >= 0.3 is 0 Å². The first kappa shape index (κ1) is 38.0. The number of hydrogen-bond acceptors (Lipinski definition) is 7. The average Bonchev–Trinajstić information content (AvgIpc) is 3.18. The number of rotatable bonds is 16. The number of aryl methyl sites for hydroxylation is 1. The lowest BCUT2D eigenvalue weighted by Gasteiger charge is -2.52. The second-order valence-corrected chi connectivity index (χ2v) is 16.5. The highest BCUT2D eigenvalue weighted by Crippen LogP contribution is 2.66. The van der Waals surface area contributed by atoms with Crippen molar-refractivity contribution in [1.82, 2.24) is 19.9 Å². The van der Waals surface area contributed by atoms with Crippen molar-refractivity contribution in [2.45, 2.75) is 84.6 Å². The third-order valence-electron chi connectivity index (χ3n) is 10.8. The van der Waals surface area contributed by atoms with Crippen LogP contribution in [0, 0.1) is 17.8 Å². The van der Waals surface area contributed by atoms with Crippen LogP contribution in [0.15, 0.2) is 115 Å². The second kappa shape index (κ2) is 17.4. The lowest BCUT2D eigenvalue weighted by atomic mass is 9.50. The molecule has 6 aromatic rings. The van der Waals surface area contributed by atoms with Crippen molar-refractivity contribution >= 4 is 28.4 Å². The molecule has 0 unspecified atom stereocenters. The molecule has 2 heterocycles. The lowest BCUT2D eigenvalue weighted by molar-refractivity contribution is 0.219. The topological polar surface area (TPSA) is 87.7 Å². The summed E-state index contributed by atoms with van der Waals surface area (Å²) < 4.78 is 0. The Hall–Kier alpha value is -5.30. The molecule has 284 valence electrons. The minimum absolute atomic E-state index is 0.0802. The summed E-state index contributed by atoms with van der Waals surface area (Å²) >= 11 is 0. The van der Waals surface area contributed by atoms with Gasteiger partial charge in [-0.15, -0.1) is 0 Å². The molecule has 2 atom stereocenters. The molecule has 4 aromatic carbocycles. The van der Waals surface area contributed by atoms with E-state index >= 15 is 0 Å². The van der Waals surface area contributed by atoms with E-state index in [9.17, 15) is 0 Å². The molecule has 0 radical (unpaired) electrons. The highest BCUT2D eigenvalue weighted by atomic mass is 15.1. The summed E-state index contributed by atoms with van der Waals surface area (Å²) in [5, 5.41) is 13.4. The highest BCUT2D eigenvalue weighted by Gasteiger charge is 2.54. The molecule has 0 saturated heterocycles. The van der Waals surface area contributed by atoms with Crippen molar-refractivity contribution in [2.75, 3.05) is 29.0 Å². The van der Waals surface area contributed by atoms with Gasteiger partial charge < -0.3 is 16.0 Å². The van der Waals surface area contributed by atoms with Gasteiger partial charge in [-0.2, -0.15) is 4.98 Å². The molecule has 55 heavy (non-hydrogen) atoms.